The molecule has 134 valence electrons. The van der Waals surface area contributed by atoms with E-state index in [-0.39, 0.29) is 43.0 Å². The van der Waals surface area contributed by atoms with E-state index in [1.807, 2.05) is 6.07 Å². The fraction of sp³-hybridized carbons (Fsp3) is 0.444. The Kier molecular flexibility index (Phi) is 6.68. The second-order valence-electron chi connectivity index (χ2n) is 6.01. The van der Waals surface area contributed by atoms with Crippen molar-refractivity contribution in [3.05, 3.63) is 35.9 Å². The second-order valence-corrected chi connectivity index (χ2v) is 6.01. The molecule has 1 heterocycles. The lowest BCUT2D eigenvalue weighted by Crippen LogP contribution is -2.43. The average molecular weight is 346 g/mol. The van der Waals surface area contributed by atoms with Crippen LogP contribution in [0.4, 0.5) is 0 Å². The van der Waals surface area contributed by atoms with Gasteiger partial charge in [-0.25, -0.2) is 0 Å². The van der Waals surface area contributed by atoms with Gasteiger partial charge in [0.2, 0.25) is 5.91 Å². The third kappa shape index (κ3) is 5.70. The van der Waals surface area contributed by atoms with Gasteiger partial charge in [0.15, 0.2) is 12.4 Å². The lowest BCUT2D eigenvalue weighted by Gasteiger charge is -2.30. The molecule has 2 amide bonds. The molecular weight excluding hydrogens is 324 g/mol. The maximum Gasteiger partial charge on any atom is 0.306 e. The minimum Gasteiger partial charge on any atom is -0.456 e. The first-order valence-corrected chi connectivity index (χ1v) is 8.28. The van der Waals surface area contributed by atoms with Gasteiger partial charge in [-0.15, -0.1) is 0 Å². The molecule has 1 aliphatic rings. The van der Waals surface area contributed by atoms with E-state index in [4.69, 9.17) is 10.5 Å². The number of amides is 2. The Balaban J connectivity index is 1.67. The smallest absolute Gasteiger partial charge is 0.306 e. The number of ketones is 1. The normalized spacial score (nSPS) is 14.8. The number of esters is 1. The fourth-order valence-electron chi connectivity index (χ4n) is 2.70. The second kappa shape index (κ2) is 8.96. The van der Waals surface area contributed by atoms with E-state index in [9.17, 15) is 19.2 Å². The van der Waals surface area contributed by atoms with Gasteiger partial charge in [-0.2, -0.15) is 0 Å². The molecule has 0 aliphatic carbocycles. The maximum absolute atomic E-state index is 12.0. The Labute approximate surface area is 146 Å². The molecule has 7 nitrogen and oxygen atoms in total. The van der Waals surface area contributed by atoms with Crippen molar-refractivity contribution in [2.75, 3.05) is 19.7 Å². The molecule has 7 heteroatoms. The molecule has 1 saturated heterocycles. The highest BCUT2D eigenvalue weighted by molar-refractivity contribution is 5.97. The number of ether oxygens (including phenoxy) is 1. The first-order valence-electron chi connectivity index (χ1n) is 8.28. The van der Waals surface area contributed by atoms with Gasteiger partial charge in [0.25, 0.3) is 5.91 Å². The van der Waals surface area contributed by atoms with Crippen molar-refractivity contribution < 1.29 is 23.9 Å². The highest BCUT2D eigenvalue weighted by Gasteiger charge is 2.26. The number of likely N-dealkylation sites (tertiary alicyclic amines) is 1. The molecule has 0 unspecified atom stereocenters. The summed E-state index contributed by atoms with van der Waals surface area (Å²) in [6, 6.07) is 8.69. The summed E-state index contributed by atoms with van der Waals surface area (Å²) in [5.74, 6) is -1.56. The molecule has 0 atom stereocenters. The van der Waals surface area contributed by atoms with Crippen LogP contribution in [0.25, 0.3) is 0 Å². The summed E-state index contributed by atoms with van der Waals surface area (Å²) in [5.41, 5.74) is 5.79. The van der Waals surface area contributed by atoms with Crippen LogP contribution in [0, 0.1) is 5.92 Å². The summed E-state index contributed by atoms with van der Waals surface area (Å²) >= 11 is 0. The van der Waals surface area contributed by atoms with E-state index in [0.29, 0.717) is 31.5 Å². The monoisotopic (exact) mass is 346 g/mol. The average Bonchev–Trinajstić information content (AvgIpc) is 2.64. The fourth-order valence-corrected chi connectivity index (χ4v) is 2.70. The molecule has 25 heavy (non-hydrogen) atoms. The predicted molar refractivity (Wildman–Crippen MR) is 89.5 cm³/mol. The summed E-state index contributed by atoms with van der Waals surface area (Å²) in [6.45, 7) is 0.507. The molecule has 1 aromatic rings. The van der Waals surface area contributed by atoms with Crippen molar-refractivity contribution >= 4 is 23.6 Å². The van der Waals surface area contributed by atoms with Crippen molar-refractivity contribution in [1.29, 1.82) is 0 Å². The van der Waals surface area contributed by atoms with Crippen molar-refractivity contribution in [3.63, 3.8) is 0 Å². The zero-order valence-corrected chi connectivity index (χ0v) is 14.0. The number of primary amides is 1. The molecule has 0 radical (unpaired) electrons. The first-order chi connectivity index (χ1) is 12.0. The minimum absolute atomic E-state index is 0.0427. The summed E-state index contributed by atoms with van der Waals surface area (Å²) < 4.78 is 4.94. The first kappa shape index (κ1) is 18.6. The SMILES string of the molecule is NC(=O)C1CCN(C(=O)COC(=O)CCC(=O)c2ccccc2)CC1. The van der Waals surface area contributed by atoms with Crippen LogP contribution in [0.1, 0.15) is 36.0 Å². The number of carbonyl (C=O) groups excluding carboxylic acids is 4. The standard InChI is InChI=1S/C18H22N2O5/c19-18(24)14-8-10-20(11-9-14)16(22)12-25-17(23)7-6-15(21)13-4-2-1-3-5-13/h1-5,14H,6-12H2,(H2,19,24). The highest BCUT2D eigenvalue weighted by Crippen LogP contribution is 2.16. The van der Waals surface area contributed by atoms with Crippen LogP contribution in [0.15, 0.2) is 30.3 Å². The van der Waals surface area contributed by atoms with Crippen LogP contribution in [-0.4, -0.2) is 48.2 Å². The van der Waals surface area contributed by atoms with Gasteiger partial charge >= 0.3 is 5.97 Å². The molecule has 0 bridgehead atoms. The molecule has 1 aromatic carbocycles. The van der Waals surface area contributed by atoms with Gasteiger partial charge in [0.1, 0.15) is 0 Å². The number of rotatable bonds is 7. The topological polar surface area (TPSA) is 107 Å². The Morgan fingerprint density at radius 2 is 1.68 bits per heavy atom. The van der Waals surface area contributed by atoms with Crippen molar-refractivity contribution in [3.8, 4) is 0 Å². The summed E-state index contributed by atoms with van der Waals surface area (Å²) in [4.78, 5) is 48.3. The maximum atomic E-state index is 12.0. The van der Waals surface area contributed by atoms with Crippen LogP contribution in [0.2, 0.25) is 0 Å². The molecule has 0 spiro atoms. The number of Topliss-reactive ketones (excluding diaryl/α,β-unsaturated/α-hetero) is 1. The van der Waals surface area contributed by atoms with Crippen LogP contribution in [-0.2, 0) is 19.1 Å². The van der Waals surface area contributed by atoms with Crippen molar-refractivity contribution in [1.82, 2.24) is 4.90 Å². The van der Waals surface area contributed by atoms with Gasteiger partial charge in [-0.1, -0.05) is 30.3 Å². The highest BCUT2D eigenvalue weighted by atomic mass is 16.5. The molecule has 2 rings (SSSR count). The number of hydrogen-bond donors (Lipinski definition) is 1. The van der Waals surface area contributed by atoms with E-state index in [2.05, 4.69) is 0 Å². The van der Waals surface area contributed by atoms with Crippen molar-refractivity contribution in [2.24, 2.45) is 11.7 Å². The lowest BCUT2D eigenvalue weighted by atomic mass is 9.96. The number of hydrogen-bond acceptors (Lipinski definition) is 5. The molecule has 1 aliphatic heterocycles. The largest absolute Gasteiger partial charge is 0.456 e. The molecule has 2 N–H and O–H groups in total. The van der Waals surface area contributed by atoms with E-state index in [1.165, 1.54) is 0 Å². The van der Waals surface area contributed by atoms with E-state index < -0.39 is 5.97 Å². The molecule has 0 saturated carbocycles. The Morgan fingerprint density at radius 3 is 2.28 bits per heavy atom. The van der Waals surface area contributed by atoms with E-state index in [1.54, 1.807) is 29.2 Å². The van der Waals surface area contributed by atoms with Crippen LogP contribution in [0.5, 0.6) is 0 Å². The van der Waals surface area contributed by atoms with Gasteiger partial charge < -0.3 is 15.4 Å². The van der Waals surface area contributed by atoms with E-state index in [0.717, 1.165) is 0 Å². The predicted octanol–water partition coefficient (Wildman–Crippen LogP) is 0.917. The number of nitrogens with zero attached hydrogens (tertiary/aromatic N) is 1. The number of carbonyl (C=O) groups is 4. The van der Waals surface area contributed by atoms with Crippen molar-refractivity contribution in [2.45, 2.75) is 25.7 Å². The number of piperidine rings is 1. The zero-order chi connectivity index (χ0) is 18.2. The van der Waals surface area contributed by atoms with Crippen LogP contribution < -0.4 is 5.73 Å². The zero-order valence-electron chi connectivity index (χ0n) is 14.0. The Morgan fingerprint density at radius 1 is 1.04 bits per heavy atom. The van der Waals surface area contributed by atoms with Gasteiger partial charge in [-0.3, -0.25) is 19.2 Å². The Hall–Kier alpha value is -2.70. The summed E-state index contributed by atoms with van der Waals surface area (Å²) in [6.07, 6.45) is 1.03. The lowest BCUT2D eigenvalue weighted by molar-refractivity contribution is -0.152. The molecule has 1 fully saturated rings. The van der Waals surface area contributed by atoms with Crippen LogP contribution in [0.3, 0.4) is 0 Å². The van der Waals surface area contributed by atoms with Gasteiger partial charge in [0.05, 0.1) is 6.42 Å². The number of benzene rings is 1. The summed E-state index contributed by atoms with van der Waals surface area (Å²) in [7, 11) is 0. The van der Waals surface area contributed by atoms with Gasteiger partial charge in [-0.05, 0) is 12.8 Å². The minimum atomic E-state index is -0.579. The Bertz CT molecular complexity index is 636. The molecular formula is C18H22N2O5. The number of nitrogens with two attached hydrogens (primary N) is 1. The quantitative estimate of drug-likeness (QED) is 0.583. The van der Waals surface area contributed by atoms with Crippen LogP contribution >= 0.6 is 0 Å². The summed E-state index contributed by atoms with van der Waals surface area (Å²) in [5, 5.41) is 0. The third-order valence-electron chi connectivity index (χ3n) is 4.26. The third-order valence-corrected chi connectivity index (χ3v) is 4.26. The van der Waals surface area contributed by atoms with Gasteiger partial charge in [0, 0.05) is 31.0 Å². The van der Waals surface area contributed by atoms with E-state index >= 15 is 0 Å². The molecule has 0 aromatic heterocycles.